The van der Waals surface area contributed by atoms with Crippen molar-refractivity contribution in [2.75, 3.05) is 20.6 Å². The SMILES string of the molecule is CN(C[C@H]1Cc2ccccc2CN1C)C(=O)c1cn(C2CCCCC2)nn1. The van der Waals surface area contributed by atoms with Gasteiger partial charge < -0.3 is 4.90 Å². The van der Waals surface area contributed by atoms with Crippen molar-refractivity contribution in [1.82, 2.24) is 24.8 Å². The average molecular weight is 367 g/mol. The first-order valence-electron chi connectivity index (χ1n) is 10.1. The van der Waals surface area contributed by atoms with Crippen molar-refractivity contribution in [2.24, 2.45) is 0 Å². The summed E-state index contributed by atoms with van der Waals surface area (Å²) in [5.74, 6) is -0.0377. The molecule has 1 aliphatic carbocycles. The molecule has 1 aliphatic heterocycles. The van der Waals surface area contributed by atoms with Gasteiger partial charge in [-0.2, -0.15) is 0 Å². The smallest absolute Gasteiger partial charge is 0.275 e. The summed E-state index contributed by atoms with van der Waals surface area (Å²) in [5.41, 5.74) is 3.24. The summed E-state index contributed by atoms with van der Waals surface area (Å²) in [6.07, 6.45) is 8.87. The fraction of sp³-hybridized carbons (Fsp3) is 0.571. The summed E-state index contributed by atoms with van der Waals surface area (Å²) in [5, 5.41) is 8.41. The molecule has 1 aromatic carbocycles. The molecule has 1 atom stereocenters. The summed E-state index contributed by atoms with van der Waals surface area (Å²) in [7, 11) is 4.01. The van der Waals surface area contributed by atoms with Crippen LogP contribution >= 0.6 is 0 Å². The Kier molecular flexibility index (Phi) is 5.25. The molecule has 0 unspecified atom stereocenters. The van der Waals surface area contributed by atoms with Crippen LogP contribution in [0.2, 0.25) is 0 Å². The second-order valence-electron chi connectivity index (χ2n) is 8.10. The van der Waals surface area contributed by atoms with Crippen LogP contribution in [-0.2, 0) is 13.0 Å². The van der Waals surface area contributed by atoms with E-state index in [1.54, 1.807) is 4.90 Å². The van der Waals surface area contributed by atoms with Crippen LogP contribution in [0.15, 0.2) is 30.5 Å². The van der Waals surface area contributed by atoms with Crippen molar-refractivity contribution in [2.45, 2.75) is 57.2 Å². The summed E-state index contributed by atoms with van der Waals surface area (Å²) in [4.78, 5) is 17.0. The van der Waals surface area contributed by atoms with E-state index < -0.39 is 0 Å². The second-order valence-corrected chi connectivity index (χ2v) is 8.10. The first-order chi connectivity index (χ1) is 13.1. The highest BCUT2D eigenvalue weighted by Crippen LogP contribution is 2.27. The topological polar surface area (TPSA) is 54.3 Å². The minimum atomic E-state index is -0.0377. The molecule has 144 valence electrons. The van der Waals surface area contributed by atoms with E-state index in [0.29, 0.717) is 24.3 Å². The lowest BCUT2D eigenvalue weighted by Gasteiger charge is -2.36. The van der Waals surface area contributed by atoms with E-state index in [0.717, 1.165) is 25.8 Å². The molecule has 27 heavy (non-hydrogen) atoms. The van der Waals surface area contributed by atoms with Crippen molar-refractivity contribution in [3.63, 3.8) is 0 Å². The molecule has 0 bridgehead atoms. The Balaban J connectivity index is 1.40. The van der Waals surface area contributed by atoms with Crippen LogP contribution in [0.4, 0.5) is 0 Å². The van der Waals surface area contributed by atoms with E-state index in [9.17, 15) is 4.79 Å². The number of carbonyl (C=O) groups is 1. The number of fused-ring (bicyclic) bond motifs is 1. The zero-order valence-electron chi connectivity index (χ0n) is 16.3. The Labute approximate surface area is 161 Å². The normalized spacial score (nSPS) is 21.0. The zero-order valence-corrected chi connectivity index (χ0v) is 16.3. The molecule has 0 spiro atoms. The second kappa shape index (κ2) is 7.80. The Morgan fingerprint density at radius 1 is 1.19 bits per heavy atom. The fourth-order valence-corrected chi connectivity index (χ4v) is 4.42. The molecule has 2 aromatic rings. The maximum atomic E-state index is 12.9. The summed E-state index contributed by atoms with van der Waals surface area (Å²) < 4.78 is 1.91. The first kappa shape index (κ1) is 18.2. The van der Waals surface area contributed by atoms with Gasteiger partial charge in [-0.15, -0.1) is 5.10 Å². The Morgan fingerprint density at radius 2 is 1.93 bits per heavy atom. The minimum Gasteiger partial charge on any atom is -0.339 e. The molecule has 6 heteroatoms. The molecule has 1 saturated carbocycles. The van der Waals surface area contributed by atoms with Crippen LogP contribution in [0.1, 0.15) is 59.8 Å². The number of hydrogen-bond donors (Lipinski definition) is 0. The van der Waals surface area contributed by atoms with E-state index in [-0.39, 0.29) is 5.91 Å². The van der Waals surface area contributed by atoms with Crippen LogP contribution in [0.3, 0.4) is 0 Å². The molecule has 6 nitrogen and oxygen atoms in total. The van der Waals surface area contributed by atoms with Gasteiger partial charge in [0.25, 0.3) is 5.91 Å². The van der Waals surface area contributed by atoms with Gasteiger partial charge in [-0.05, 0) is 37.4 Å². The lowest BCUT2D eigenvalue weighted by molar-refractivity contribution is 0.0727. The van der Waals surface area contributed by atoms with Crippen LogP contribution in [0.5, 0.6) is 0 Å². The number of amides is 1. The molecular formula is C21H29N5O. The molecule has 0 radical (unpaired) electrons. The third-order valence-corrected chi connectivity index (χ3v) is 6.13. The van der Waals surface area contributed by atoms with Crippen molar-refractivity contribution in [3.8, 4) is 0 Å². The monoisotopic (exact) mass is 367 g/mol. The quantitative estimate of drug-likeness (QED) is 0.834. The molecule has 0 N–H and O–H groups in total. The van der Waals surface area contributed by atoms with Gasteiger partial charge in [-0.3, -0.25) is 9.69 Å². The Morgan fingerprint density at radius 3 is 2.70 bits per heavy atom. The van der Waals surface area contributed by atoms with Crippen LogP contribution in [0.25, 0.3) is 0 Å². The van der Waals surface area contributed by atoms with Crippen molar-refractivity contribution in [3.05, 3.63) is 47.3 Å². The third kappa shape index (κ3) is 3.90. The van der Waals surface area contributed by atoms with E-state index in [2.05, 4.69) is 46.5 Å². The number of aromatic nitrogens is 3. The van der Waals surface area contributed by atoms with Gasteiger partial charge in [0, 0.05) is 26.2 Å². The van der Waals surface area contributed by atoms with Crippen molar-refractivity contribution < 1.29 is 4.79 Å². The van der Waals surface area contributed by atoms with E-state index >= 15 is 0 Å². The maximum absolute atomic E-state index is 12.9. The molecule has 1 aromatic heterocycles. The van der Waals surface area contributed by atoms with Gasteiger partial charge in [0.1, 0.15) is 0 Å². The van der Waals surface area contributed by atoms with E-state index in [4.69, 9.17) is 0 Å². The molecule has 0 saturated heterocycles. The first-order valence-corrected chi connectivity index (χ1v) is 10.1. The molecule has 1 fully saturated rings. The molecule has 4 rings (SSSR count). The summed E-state index contributed by atoms with van der Waals surface area (Å²) in [6.45, 7) is 1.63. The van der Waals surface area contributed by atoms with Crippen molar-refractivity contribution >= 4 is 5.91 Å². The maximum Gasteiger partial charge on any atom is 0.275 e. The summed E-state index contributed by atoms with van der Waals surface area (Å²) >= 11 is 0. The van der Waals surface area contributed by atoms with Crippen LogP contribution < -0.4 is 0 Å². The summed E-state index contributed by atoms with van der Waals surface area (Å²) in [6, 6.07) is 9.31. The molecular weight excluding hydrogens is 338 g/mol. The largest absolute Gasteiger partial charge is 0.339 e. The van der Waals surface area contributed by atoms with Gasteiger partial charge in [0.2, 0.25) is 0 Å². The van der Waals surface area contributed by atoms with Gasteiger partial charge in [-0.1, -0.05) is 48.7 Å². The molecule has 2 aliphatic rings. The minimum absolute atomic E-state index is 0.0377. The van der Waals surface area contributed by atoms with E-state index in [1.165, 1.54) is 30.4 Å². The van der Waals surface area contributed by atoms with Crippen LogP contribution in [0, 0.1) is 0 Å². The number of carbonyl (C=O) groups excluding carboxylic acids is 1. The number of benzene rings is 1. The standard InChI is InChI=1S/C21H29N5O/c1-24-13-17-9-7-6-8-16(17)12-19(24)14-25(2)21(27)20-15-26(23-22-20)18-10-4-3-5-11-18/h6-9,15,18-19H,3-5,10-14H2,1-2H3/t19-/m1/s1. The van der Waals surface area contributed by atoms with Gasteiger partial charge >= 0.3 is 0 Å². The van der Waals surface area contributed by atoms with Gasteiger partial charge in [-0.25, -0.2) is 4.68 Å². The number of rotatable bonds is 4. The predicted molar refractivity (Wildman–Crippen MR) is 105 cm³/mol. The number of nitrogens with zero attached hydrogens (tertiary/aromatic N) is 5. The molecule has 2 heterocycles. The number of hydrogen-bond acceptors (Lipinski definition) is 4. The Hall–Kier alpha value is -2.21. The van der Waals surface area contributed by atoms with Crippen molar-refractivity contribution in [1.29, 1.82) is 0 Å². The highest BCUT2D eigenvalue weighted by Gasteiger charge is 2.27. The third-order valence-electron chi connectivity index (χ3n) is 6.13. The predicted octanol–water partition coefficient (Wildman–Crippen LogP) is 2.91. The fourth-order valence-electron chi connectivity index (χ4n) is 4.42. The lowest BCUT2D eigenvalue weighted by atomic mass is 9.94. The van der Waals surface area contributed by atoms with Gasteiger partial charge in [0.15, 0.2) is 5.69 Å². The average Bonchev–Trinajstić information content (AvgIpc) is 3.19. The van der Waals surface area contributed by atoms with Gasteiger partial charge in [0.05, 0.1) is 12.2 Å². The van der Waals surface area contributed by atoms with Crippen LogP contribution in [-0.4, -0.2) is 57.4 Å². The highest BCUT2D eigenvalue weighted by atomic mass is 16.2. The lowest BCUT2D eigenvalue weighted by Crippen LogP contribution is -2.46. The Bertz CT molecular complexity index is 795. The zero-order chi connectivity index (χ0) is 18.8. The molecule has 1 amide bonds. The van der Waals surface area contributed by atoms with E-state index in [1.807, 2.05) is 17.9 Å². The number of likely N-dealkylation sites (N-methyl/N-ethyl adjacent to an activating group) is 2. The highest BCUT2D eigenvalue weighted by molar-refractivity contribution is 5.91.